The third-order valence-electron chi connectivity index (χ3n) is 6.32. The summed E-state index contributed by atoms with van der Waals surface area (Å²) in [7, 11) is 0. The van der Waals surface area contributed by atoms with E-state index in [2.05, 4.69) is 28.4 Å². The SMILES string of the molecule is C=C/C=C(\C=C)CNc1ncnc2cc(-c3ccc(C(=O)N4CCN(C(=O)OC(C)(C)C)CC4C)cc3)sc12. The van der Waals surface area contributed by atoms with Crippen LogP contribution in [0.5, 0.6) is 0 Å². The van der Waals surface area contributed by atoms with E-state index < -0.39 is 5.60 Å². The van der Waals surface area contributed by atoms with Crippen LogP contribution in [0.25, 0.3) is 20.7 Å². The van der Waals surface area contributed by atoms with E-state index in [9.17, 15) is 9.59 Å². The molecule has 3 heterocycles. The van der Waals surface area contributed by atoms with Crippen molar-refractivity contribution >= 4 is 39.4 Å². The molecule has 1 atom stereocenters. The van der Waals surface area contributed by atoms with E-state index >= 15 is 0 Å². The second kappa shape index (κ2) is 11.8. The van der Waals surface area contributed by atoms with Crippen molar-refractivity contribution in [3.63, 3.8) is 0 Å². The third-order valence-corrected chi connectivity index (χ3v) is 7.50. The number of anilines is 1. The molecule has 2 amide bonds. The van der Waals surface area contributed by atoms with Gasteiger partial charge in [0.1, 0.15) is 17.7 Å². The Balaban J connectivity index is 1.45. The topological polar surface area (TPSA) is 87.7 Å². The van der Waals surface area contributed by atoms with Gasteiger partial charge in [-0.2, -0.15) is 0 Å². The number of hydrogen-bond acceptors (Lipinski definition) is 7. The Morgan fingerprint density at radius 2 is 1.92 bits per heavy atom. The van der Waals surface area contributed by atoms with E-state index in [1.54, 1.807) is 34.7 Å². The van der Waals surface area contributed by atoms with Crippen molar-refractivity contribution in [3.05, 3.63) is 79.2 Å². The van der Waals surface area contributed by atoms with Gasteiger partial charge in [-0.05, 0) is 57.0 Å². The van der Waals surface area contributed by atoms with Crippen molar-refractivity contribution in [1.82, 2.24) is 19.8 Å². The summed E-state index contributed by atoms with van der Waals surface area (Å²) in [5, 5.41) is 3.36. The Kier molecular flexibility index (Phi) is 8.50. The number of hydrogen-bond donors (Lipinski definition) is 1. The van der Waals surface area contributed by atoms with E-state index in [1.165, 1.54) is 0 Å². The summed E-state index contributed by atoms with van der Waals surface area (Å²) in [6, 6.07) is 9.56. The van der Waals surface area contributed by atoms with Crippen LogP contribution < -0.4 is 5.32 Å². The Morgan fingerprint density at radius 3 is 2.56 bits per heavy atom. The van der Waals surface area contributed by atoms with E-state index in [0.717, 1.165) is 32.0 Å². The lowest BCUT2D eigenvalue weighted by molar-refractivity contribution is 0.00617. The summed E-state index contributed by atoms with van der Waals surface area (Å²) < 4.78 is 6.46. The largest absolute Gasteiger partial charge is 0.444 e. The van der Waals surface area contributed by atoms with Crippen LogP contribution in [0.15, 0.2) is 73.6 Å². The summed E-state index contributed by atoms with van der Waals surface area (Å²) in [6.45, 7) is 17.0. The minimum Gasteiger partial charge on any atom is -0.444 e. The van der Waals surface area contributed by atoms with Crippen molar-refractivity contribution in [1.29, 1.82) is 0 Å². The lowest BCUT2D eigenvalue weighted by Crippen LogP contribution is -2.56. The molecule has 1 aromatic carbocycles. The first-order chi connectivity index (χ1) is 18.6. The smallest absolute Gasteiger partial charge is 0.410 e. The molecule has 0 saturated carbocycles. The number of carbonyl (C=O) groups excluding carboxylic acids is 2. The molecule has 0 spiro atoms. The molecule has 1 aliphatic heterocycles. The predicted molar refractivity (Wildman–Crippen MR) is 158 cm³/mol. The van der Waals surface area contributed by atoms with Gasteiger partial charge in [0.05, 0.1) is 10.2 Å². The maximum absolute atomic E-state index is 13.3. The molecule has 39 heavy (non-hydrogen) atoms. The normalized spacial score (nSPS) is 16.2. The summed E-state index contributed by atoms with van der Waals surface area (Å²) in [4.78, 5) is 39.1. The number of nitrogens with one attached hydrogen (secondary N) is 1. The van der Waals surface area contributed by atoms with Gasteiger partial charge in [-0.15, -0.1) is 11.3 Å². The number of fused-ring (bicyclic) bond motifs is 1. The molecular weight excluding hydrogens is 510 g/mol. The fraction of sp³-hybridized carbons (Fsp3) is 0.333. The number of benzene rings is 1. The first-order valence-electron chi connectivity index (χ1n) is 12.9. The lowest BCUT2D eigenvalue weighted by Gasteiger charge is -2.40. The minimum atomic E-state index is -0.550. The zero-order valence-corrected chi connectivity index (χ0v) is 23.8. The number of ether oxygens (including phenoxy) is 1. The van der Waals surface area contributed by atoms with Gasteiger partial charge in [0.2, 0.25) is 0 Å². The molecule has 9 heteroatoms. The van der Waals surface area contributed by atoms with Gasteiger partial charge in [0.15, 0.2) is 0 Å². The van der Waals surface area contributed by atoms with Gasteiger partial charge >= 0.3 is 6.09 Å². The average molecular weight is 546 g/mol. The first kappa shape index (κ1) is 28.0. The Labute approximate surface area is 233 Å². The monoisotopic (exact) mass is 545 g/mol. The molecule has 1 fully saturated rings. The maximum Gasteiger partial charge on any atom is 0.410 e. The minimum absolute atomic E-state index is 0.0443. The Bertz CT molecular complexity index is 1400. The van der Waals surface area contributed by atoms with Crippen molar-refractivity contribution in [2.24, 2.45) is 0 Å². The standard InChI is InChI=1S/C30H35N5O3S/c1-7-9-21(8-2)17-31-27-26-24(32-19-33-27)16-25(39-26)22-10-12-23(13-11-22)28(36)35-15-14-34(18-20(35)3)29(37)38-30(4,5)6/h7-13,16,19-20H,1-2,14-15,17-18H2,3-6H3,(H,31,32,33)/b21-9+. The Hall–Kier alpha value is -3.98. The molecule has 204 valence electrons. The lowest BCUT2D eigenvalue weighted by atomic mass is 10.1. The number of nitrogens with zero attached hydrogens (tertiary/aromatic N) is 4. The van der Waals surface area contributed by atoms with Crippen molar-refractivity contribution in [2.45, 2.75) is 39.3 Å². The summed E-state index contributed by atoms with van der Waals surface area (Å²) in [5.41, 5.74) is 2.94. The zero-order chi connectivity index (χ0) is 28.2. The number of rotatable bonds is 7. The van der Waals surface area contributed by atoms with Gasteiger partial charge in [-0.3, -0.25) is 4.79 Å². The molecule has 3 aromatic rings. The quantitative estimate of drug-likeness (QED) is 0.358. The molecule has 0 bridgehead atoms. The Morgan fingerprint density at radius 1 is 1.18 bits per heavy atom. The van der Waals surface area contributed by atoms with E-state index in [0.29, 0.717) is 31.7 Å². The van der Waals surface area contributed by atoms with Gasteiger partial charge in [-0.25, -0.2) is 14.8 Å². The maximum atomic E-state index is 13.3. The molecule has 1 unspecified atom stereocenters. The molecule has 1 saturated heterocycles. The van der Waals surface area contributed by atoms with Crippen LogP contribution in [0.1, 0.15) is 38.1 Å². The van der Waals surface area contributed by atoms with E-state index in [1.807, 2.05) is 69.0 Å². The number of thiophene rings is 1. The molecule has 0 aliphatic carbocycles. The number of allylic oxidation sites excluding steroid dienone is 2. The molecule has 4 rings (SSSR count). The van der Waals surface area contributed by atoms with Crippen LogP contribution in [0.2, 0.25) is 0 Å². The highest BCUT2D eigenvalue weighted by Crippen LogP contribution is 2.36. The molecule has 2 aromatic heterocycles. The predicted octanol–water partition coefficient (Wildman–Crippen LogP) is 6.15. The van der Waals surface area contributed by atoms with Crippen LogP contribution >= 0.6 is 11.3 Å². The molecule has 1 aliphatic rings. The number of carbonyl (C=O) groups is 2. The van der Waals surface area contributed by atoms with Crippen LogP contribution in [0, 0.1) is 0 Å². The zero-order valence-electron chi connectivity index (χ0n) is 22.9. The molecule has 8 nitrogen and oxygen atoms in total. The van der Waals surface area contributed by atoms with Crippen LogP contribution in [0.4, 0.5) is 10.6 Å². The summed E-state index contributed by atoms with van der Waals surface area (Å²) in [6.07, 6.45) is 6.64. The molecule has 0 radical (unpaired) electrons. The van der Waals surface area contributed by atoms with Crippen LogP contribution in [0.3, 0.4) is 0 Å². The highest BCUT2D eigenvalue weighted by molar-refractivity contribution is 7.22. The second-order valence-corrected chi connectivity index (χ2v) is 11.5. The number of aromatic nitrogens is 2. The van der Waals surface area contributed by atoms with Crippen LogP contribution in [-0.4, -0.2) is 69.6 Å². The van der Waals surface area contributed by atoms with Gasteiger partial charge in [0, 0.05) is 42.7 Å². The van der Waals surface area contributed by atoms with Crippen molar-refractivity contribution in [2.75, 3.05) is 31.5 Å². The van der Waals surface area contributed by atoms with E-state index in [4.69, 9.17) is 4.74 Å². The van der Waals surface area contributed by atoms with Crippen molar-refractivity contribution in [3.8, 4) is 10.4 Å². The van der Waals surface area contributed by atoms with Gasteiger partial charge in [-0.1, -0.05) is 43.5 Å². The van der Waals surface area contributed by atoms with Crippen molar-refractivity contribution < 1.29 is 14.3 Å². The number of piperazine rings is 1. The molecule has 1 N–H and O–H groups in total. The van der Waals surface area contributed by atoms with E-state index in [-0.39, 0.29) is 18.0 Å². The number of amides is 2. The highest BCUT2D eigenvalue weighted by Gasteiger charge is 2.32. The first-order valence-corrected chi connectivity index (χ1v) is 13.7. The van der Waals surface area contributed by atoms with Crippen LogP contribution in [-0.2, 0) is 4.74 Å². The van der Waals surface area contributed by atoms with Gasteiger partial charge in [0.25, 0.3) is 5.91 Å². The fourth-order valence-corrected chi connectivity index (χ4v) is 5.44. The second-order valence-electron chi connectivity index (χ2n) is 10.4. The highest BCUT2D eigenvalue weighted by atomic mass is 32.1. The third kappa shape index (κ3) is 6.72. The summed E-state index contributed by atoms with van der Waals surface area (Å²) >= 11 is 1.60. The molecular formula is C30H35N5O3S. The average Bonchev–Trinajstić information content (AvgIpc) is 3.35. The summed E-state index contributed by atoms with van der Waals surface area (Å²) in [5.74, 6) is 0.719. The van der Waals surface area contributed by atoms with Gasteiger partial charge < -0.3 is 19.9 Å². The fourth-order valence-electron chi connectivity index (χ4n) is 4.35.